The average molecular weight is 375 g/mol. The molecule has 0 atom stereocenters. The van der Waals surface area contributed by atoms with Crippen molar-refractivity contribution in [3.8, 4) is 16.8 Å². The number of aliphatic carboxylic acids is 1. The summed E-state index contributed by atoms with van der Waals surface area (Å²) in [6.07, 6.45) is 0.485. The molecule has 0 aliphatic carbocycles. The number of nitrogens with zero attached hydrogens (tertiary/aromatic N) is 2. The Hall–Kier alpha value is -2.30. The van der Waals surface area contributed by atoms with Crippen LogP contribution in [0.25, 0.3) is 16.8 Å². The Morgan fingerprint density at radius 2 is 1.84 bits per heavy atom. The van der Waals surface area contributed by atoms with E-state index in [4.69, 9.17) is 28.3 Å². The Morgan fingerprint density at radius 1 is 1.12 bits per heavy atom. The first-order valence-corrected chi connectivity index (χ1v) is 8.59. The van der Waals surface area contributed by atoms with E-state index in [1.165, 1.54) is 0 Å². The number of halogens is 2. The zero-order chi connectivity index (χ0) is 18.0. The first kappa shape index (κ1) is 17.5. The molecule has 0 aliphatic heterocycles. The van der Waals surface area contributed by atoms with Crippen LogP contribution in [0.15, 0.2) is 48.5 Å². The van der Waals surface area contributed by atoms with Gasteiger partial charge in [0.05, 0.1) is 17.8 Å². The van der Waals surface area contributed by atoms with Gasteiger partial charge in [-0.2, -0.15) is 5.10 Å². The minimum Gasteiger partial charge on any atom is -0.481 e. The largest absolute Gasteiger partial charge is 0.481 e. The topological polar surface area (TPSA) is 55.1 Å². The molecular weight excluding hydrogens is 359 g/mol. The monoisotopic (exact) mass is 374 g/mol. The van der Waals surface area contributed by atoms with E-state index in [9.17, 15) is 4.79 Å². The lowest BCUT2D eigenvalue weighted by atomic mass is 10.1. The summed E-state index contributed by atoms with van der Waals surface area (Å²) in [5.41, 5.74) is 4.09. The van der Waals surface area contributed by atoms with Crippen LogP contribution in [0.5, 0.6) is 0 Å². The van der Waals surface area contributed by atoms with Crippen molar-refractivity contribution in [1.29, 1.82) is 0 Å². The highest BCUT2D eigenvalue weighted by Crippen LogP contribution is 2.27. The van der Waals surface area contributed by atoms with Crippen molar-refractivity contribution in [2.45, 2.75) is 19.8 Å². The van der Waals surface area contributed by atoms with E-state index in [-0.39, 0.29) is 6.42 Å². The molecule has 3 rings (SSSR count). The maximum absolute atomic E-state index is 11.1. The Labute approximate surface area is 155 Å². The number of hydrogen-bond acceptors (Lipinski definition) is 2. The molecule has 1 aromatic heterocycles. The van der Waals surface area contributed by atoms with E-state index >= 15 is 0 Å². The summed E-state index contributed by atoms with van der Waals surface area (Å²) in [6.45, 7) is 1.93. The number of benzene rings is 2. The number of aromatic nitrogens is 2. The highest BCUT2D eigenvalue weighted by molar-refractivity contribution is 6.31. The number of hydrogen-bond donors (Lipinski definition) is 1. The Kier molecular flexibility index (Phi) is 5.11. The van der Waals surface area contributed by atoms with Gasteiger partial charge in [0, 0.05) is 10.6 Å². The molecule has 3 aromatic rings. The van der Waals surface area contributed by atoms with Gasteiger partial charge in [0.15, 0.2) is 0 Å². The molecule has 128 valence electrons. The first-order valence-electron chi connectivity index (χ1n) is 7.84. The fourth-order valence-electron chi connectivity index (χ4n) is 2.72. The van der Waals surface area contributed by atoms with Crippen LogP contribution >= 0.6 is 23.2 Å². The van der Waals surface area contributed by atoms with Crippen molar-refractivity contribution in [2.75, 3.05) is 0 Å². The highest BCUT2D eigenvalue weighted by atomic mass is 35.5. The number of carbonyl (C=O) groups is 1. The van der Waals surface area contributed by atoms with Crippen LogP contribution in [0.4, 0.5) is 0 Å². The fraction of sp³-hybridized carbons (Fsp3) is 0.158. The molecule has 0 unspecified atom stereocenters. The fourth-order valence-corrected chi connectivity index (χ4v) is 3.22. The van der Waals surface area contributed by atoms with Crippen molar-refractivity contribution < 1.29 is 9.90 Å². The van der Waals surface area contributed by atoms with Gasteiger partial charge in [-0.15, -0.1) is 0 Å². The van der Waals surface area contributed by atoms with E-state index in [1.54, 1.807) is 4.68 Å². The second-order valence-electron chi connectivity index (χ2n) is 5.61. The van der Waals surface area contributed by atoms with E-state index in [2.05, 4.69) is 5.10 Å². The standard InChI is InChI=1S/C19H16Cl2N2O2/c1-2-17-16(11-18(24)25)19(21)23(22-17)15-8-6-12(7-9-15)13-4-3-5-14(20)10-13/h3-10H,2,11H2,1H3,(H,24,25). The van der Waals surface area contributed by atoms with Gasteiger partial charge in [-0.05, 0) is 41.8 Å². The number of rotatable bonds is 5. The minimum atomic E-state index is -0.924. The van der Waals surface area contributed by atoms with Crippen LogP contribution in [0.3, 0.4) is 0 Å². The molecule has 0 aliphatic rings. The van der Waals surface area contributed by atoms with Gasteiger partial charge in [0.1, 0.15) is 5.15 Å². The Balaban J connectivity index is 1.97. The van der Waals surface area contributed by atoms with Gasteiger partial charge in [-0.25, -0.2) is 4.68 Å². The number of aryl methyl sites for hydroxylation is 1. The van der Waals surface area contributed by atoms with Crippen molar-refractivity contribution in [3.63, 3.8) is 0 Å². The van der Waals surface area contributed by atoms with Gasteiger partial charge < -0.3 is 5.11 Å². The predicted octanol–water partition coefficient (Wildman–Crippen LogP) is 5.04. The molecule has 0 saturated heterocycles. The van der Waals surface area contributed by atoms with Crippen LogP contribution in [0.1, 0.15) is 18.2 Å². The summed E-state index contributed by atoms with van der Waals surface area (Å²) in [7, 11) is 0. The molecule has 0 radical (unpaired) electrons. The van der Waals surface area contributed by atoms with Gasteiger partial charge in [0.25, 0.3) is 0 Å². The maximum Gasteiger partial charge on any atom is 0.308 e. The SMILES string of the molecule is CCc1nn(-c2ccc(-c3cccc(Cl)c3)cc2)c(Cl)c1CC(=O)O. The van der Waals surface area contributed by atoms with Crippen molar-refractivity contribution in [3.05, 3.63) is 70.0 Å². The van der Waals surface area contributed by atoms with Gasteiger partial charge in [-0.3, -0.25) is 4.79 Å². The van der Waals surface area contributed by atoms with Gasteiger partial charge in [-0.1, -0.05) is 54.4 Å². The second-order valence-corrected chi connectivity index (χ2v) is 6.40. The van der Waals surface area contributed by atoms with Crippen molar-refractivity contribution in [1.82, 2.24) is 9.78 Å². The Bertz CT molecular complexity index is 918. The molecule has 1 heterocycles. The predicted molar refractivity (Wildman–Crippen MR) is 99.7 cm³/mol. The summed E-state index contributed by atoms with van der Waals surface area (Å²) in [5.74, 6) is -0.924. The lowest BCUT2D eigenvalue weighted by Gasteiger charge is -2.06. The molecule has 1 N–H and O–H groups in total. The summed E-state index contributed by atoms with van der Waals surface area (Å²) >= 11 is 12.4. The molecular formula is C19H16Cl2N2O2. The zero-order valence-electron chi connectivity index (χ0n) is 13.5. The lowest BCUT2D eigenvalue weighted by molar-refractivity contribution is -0.136. The summed E-state index contributed by atoms with van der Waals surface area (Å²) in [6, 6.07) is 15.3. The van der Waals surface area contributed by atoms with Gasteiger partial charge >= 0.3 is 5.97 Å². The Morgan fingerprint density at radius 3 is 2.44 bits per heavy atom. The van der Waals surface area contributed by atoms with E-state index in [0.29, 0.717) is 27.9 Å². The molecule has 0 amide bonds. The van der Waals surface area contributed by atoms with Crippen LogP contribution < -0.4 is 0 Å². The molecule has 0 fully saturated rings. The molecule has 4 nitrogen and oxygen atoms in total. The van der Waals surface area contributed by atoms with E-state index in [0.717, 1.165) is 16.8 Å². The van der Waals surface area contributed by atoms with Crippen LogP contribution in [0, 0.1) is 0 Å². The first-order chi connectivity index (χ1) is 12.0. The smallest absolute Gasteiger partial charge is 0.308 e. The third-order valence-electron chi connectivity index (χ3n) is 3.94. The van der Waals surface area contributed by atoms with Crippen LogP contribution in [0.2, 0.25) is 10.2 Å². The third kappa shape index (κ3) is 3.70. The normalized spacial score (nSPS) is 10.8. The van der Waals surface area contributed by atoms with Crippen LogP contribution in [-0.4, -0.2) is 20.9 Å². The zero-order valence-corrected chi connectivity index (χ0v) is 15.1. The average Bonchev–Trinajstić information content (AvgIpc) is 2.91. The van der Waals surface area contributed by atoms with E-state index < -0.39 is 5.97 Å². The van der Waals surface area contributed by atoms with Crippen molar-refractivity contribution in [2.24, 2.45) is 0 Å². The minimum absolute atomic E-state index is 0.136. The molecule has 0 saturated carbocycles. The van der Waals surface area contributed by atoms with E-state index in [1.807, 2.05) is 55.5 Å². The van der Waals surface area contributed by atoms with Crippen molar-refractivity contribution >= 4 is 29.2 Å². The molecule has 2 aromatic carbocycles. The lowest BCUT2D eigenvalue weighted by Crippen LogP contribution is -2.02. The van der Waals surface area contributed by atoms with Gasteiger partial charge in [0.2, 0.25) is 0 Å². The number of carboxylic acid groups (broad SMARTS) is 1. The molecule has 25 heavy (non-hydrogen) atoms. The number of carboxylic acids is 1. The quantitative estimate of drug-likeness (QED) is 0.680. The summed E-state index contributed by atoms with van der Waals surface area (Å²) < 4.78 is 1.58. The summed E-state index contributed by atoms with van der Waals surface area (Å²) in [4.78, 5) is 11.1. The van der Waals surface area contributed by atoms with Crippen LogP contribution in [-0.2, 0) is 17.6 Å². The summed E-state index contributed by atoms with van der Waals surface area (Å²) in [5, 5.41) is 14.6. The molecule has 6 heteroatoms. The molecule has 0 spiro atoms. The second kappa shape index (κ2) is 7.30. The third-order valence-corrected chi connectivity index (χ3v) is 4.56. The molecule has 0 bridgehead atoms. The maximum atomic E-state index is 11.1. The highest BCUT2D eigenvalue weighted by Gasteiger charge is 2.18.